The maximum Gasteiger partial charge on any atom is 0.140 e. The van der Waals surface area contributed by atoms with E-state index in [0.29, 0.717) is 0 Å². The predicted octanol–water partition coefficient (Wildman–Crippen LogP) is 2.24. The molecule has 0 radical (unpaired) electrons. The van der Waals surface area contributed by atoms with Gasteiger partial charge in [0.25, 0.3) is 0 Å². The lowest BCUT2D eigenvalue weighted by molar-refractivity contribution is 0.324. The molecule has 2 aromatic heterocycles. The summed E-state index contributed by atoms with van der Waals surface area (Å²) in [6.07, 6.45) is 6.88. The first-order valence-electron chi connectivity index (χ1n) is 7.74. The second kappa shape index (κ2) is 6.37. The molecule has 0 amide bonds. The van der Waals surface area contributed by atoms with E-state index in [4.69, 9.17) is 0 Å². The van der Waals surface area contributed by atoms with E-state index in [2.05, 4.69) is 39.0 Å². The lowest BCUT2D eigenvalue weighted by atomic mass is 10.2. The molecule has 1 N–H and O–H groups in total. The van der Waals surface area contributed by atoms with Crippen molar-refractivity contribution >= 4 is 11.0 Å². The number of aromatic nitrogens is 2. The van der Waals surface area contributed by atoms with Gasteiger partial charge >= 0.3 is 0 Å². The molecule has 0 bridgehead atoms. The van der Waals surface area contributed by atoms with E-state index in [0.717, 1.165) is 31.8 Å². The van der Waals surface area contributed by atoms with Gasteiger partial charge in [-0.1, -0.05) is 6.92 Å². The Morgan fingerprint density at radius 2 is 2.10 bits per heavy atom. The molecule has 2 aromatic rings. The summed E-state index contributed by atoms with van der Waals surface area (Å²) in [5, 5.41) is 4.70. The summed E-state index contributed by atoms with van der Waals surface area (Å²) in [7, 11) is 0. The summed E-state index contributed by atoms with van der Waals surface area (Å²) < 4.78 is 2.32. The first-order valence-corrected chi connectivity index (χ1v) is 7.74. The van der Waals surface area contributed by atoms with Gasteiger partial charge in [-0.15, -0.1) is 0 Å². The van der Waals surface area contributed by atoms with E-state index >= 15 is 0 Å². The van der Waals surface area contributed by atoms with Gasteiger partial charge in [-0.05, 0) is 50.2 Å². The highest BCUT2D eigenvalue weighted by Crippen LogP contribution is 2.19. The molecule has 0 aliphatic carbocycles. The van der Waals surface area contributed by atoms with E-state index in [-0.39, 0.29) is 0 Å². The molecule has 20 heavy (non-hydrogen) atoms. The lowest BCUT2D eigenvalue weighted by Crippen LogP contribution is -2.23. The van der Waals surface area contributed by atoms with Gasteiger partial charge in [0.2, 0.25) is 0 Å². The van der Waals surface area contributed by atoms with Crippen LogP contribution in [0.15, 0.2) is 24.5 Å². The molecule has 1 fully saturated rings. The molecule has 1 aliphatic rings. The standard InChI is InChI=1S/C16H24N4/c1-2-17-12-14-13-20(11-10-19-8-3-4-9-19)16-15(14)6-5-7-18-16/h5-7,13,17H,2-4,8-12H2,1H3. The van der Waals surface area contributed by atoms with Crippen LogP contribution in [-0.4, -0.2) is 40.6 Å². The van der Waals surface area contributed by atoms with Gasteiger partial charge in [0.15, 0.2) is 0 Å². The molecule has 4 nitrogen and oxygen atoms in total. The molecule has 0 unspecified atom stereocenters. The zero-order valence-corrected chi connectivity index (χ0v) is 12.3. The minimum absolute atomic E-state index is 0.926. The summed E-state index contributed by atoms with van der Waals surface area (Å²) in [5.41, 5.74) is 2.48. The van der Waals surface area contributed by atoms with Crippen LogP contribution in [0.5, 0.6) is 0 Å². The summed E-state index contributed by atoms with van der Waals surface area (Å²) in [4.78, 5) is 7.13. The predicted molar refractivity (Wildman–Crippen MR) is 82.8 cm³/mol. The van der Waals surface area contributed by atoms with Gasteiger partial charge in [0.1, 0.15) is 5.65 Å². The summed E-state index contributed by atoms with van der Waals surface area (Å²) in [5.74, 6) is 0. The second-order valence-electron chi connectivity index (χ2n) is 5.55. The Hall–Kier alpha value is -1.39. The van der Waals surface area contributed by atoms with Gasteiger partial charge in [-0.25, -0.2) is 4.98 Å². The van der Waals surface area contributed by atoms with E-state index in [9.17, 15) is 0 Å². The topological polar surface area (TPSA) is 33.1 Å². The van der Waals surface area contributed by atoms with Crippen LogP contribution in [0.4, 0.5) is 0 Å². The number of fused-ring (bicyclic) bond motifs is 1. The number of nitrogens with zero attached hydrogens (tertiary/aromatic N) is 3. The first-order chi connectivity index (χ1) is 9.88. The molecule has 4 heteroatoms. The molecular weight excluding hydrogens is 248 g/mol. The number of hydrogen-bond donors (Lipinski definition) is 1. The molecule has 0 spiro atoms. The fourth-order valence-electron chi connectivity index (χ4n) is 3.02. The third kappa shape index (κ3) is 2.86. The highest BCUT2D eigenvalue weighted by molar-refractivity contribution is 5.80. The number of hydrogen-bond acceptors (Lipinski definition) is 3. The highest BCUT2D eigenvalue weighted by Gasteiger charge is 2.13. The second-order valence-corrected chi connectivity index (χ2v) is 5.55. The molecule has 1 saturated heterocycles. The normalized spacial score (nSPS) is 16.2. The van der Waals surface area contributed by atoms with Gasteiger partial charge < -0.3 is 14.8 Å². The molecule has 3 rings (SSSR count). The zero-order valence-electron chi connectivity index (χ0n) is 12.3. The van der Waals surface area contributed by atoms with Crippen molar-refractivity contribution in [2.24, 2.45) is 0 Å². The third-order valence-electron chi connectivity index (χ3n) is 4.14. The fraction of sp³-hybridized carbons (Fsp3) is 0.562. The van der Waals surface area contributed by atoms with Crippen LogP contribution in [0.25, 0.3) is 11.0 Å². The van der Waals surface area contributed by atoms with Crippen molar-refractivity contribution in [2.45, 2.75) is 32.9 Å². The van der Waals surface area contributed by atoms with Crippen molar-refractivity contribution in [3.05, 3.63) is 30.1 Å². The van der Waals surface area contributed by atoms with Crippen molar-refractivity contribution in [3.63, 3.8) is 0 Å². The SMILES string of the molecule is CCNCc1cn(CCN2CCCC2)c2ncccc12. The van der Waals surface area contributed by atoms with Crippen LogP contribution < -0.4 is 5.32 Å². The highest BCUT2D eigenvalue weighted by atomic mass is 15.2. The monoisotopic (exact) mass is 272 g/mol. The molecular formula is C16H24N4. The van der Waals surface area contributed by atoms with Crippen molar-refractivity contribution in [1.29, 1.82) is 0 Å². The minimum atomic E-state index is 0.926. The van der Waals surface area contributed by atoms with Crippen LogP contribution in [0, 0.1) is 0 Å². The molecule has 1 aliphatic heterocycles. The Labute approximate surface area is 120 Å². The van der Waals surface area contributed by atoms with E-state index in [1.807, 2.05) is 12.3 Å². The van der Waals surface area contributed by atoms with Crippen molar-refractivity contribution in [3.8, 4) is 0 Å². The Kier molecular flexibility index (Phi) is 4.33. The quantitative estimate of drug-likeness (QED) is 0.875. The van der Waals surface area contributed by atoms with E-state index < -0.39 is 0 Å². The minimum Gasteiger partial charge on any atom is -0.331 e. The Bertz CT molecular complexity index is 555. The van der Waals surface area contributed by atoms with Crippen LogP contribution in [0.2, 0.25) is 0 Å². The summed E-state index contributed by atoms with van der Waals surface area (Å²) in [6.45, 7) is 8.77. The van der Waals surface area contributed by atoms with Gasteiger partial charge in [-0.2, -0.15) is 0 Å². The average molecular weight is 272 g/mol. The van der Waals surface area contributed by atoms with E-state index in [1.54, 1.807) is 0 Å². The zero-order chi connectivity index (χ0) is 13.8. The molecule has 108 valence electrons. The largest absolute Gasteiger partial charge is 0.331 e. The summed E-state index contributed by atoms with van der Waals surface area (Å²) >= 11 is 0. The van der Waals surface area contributed by atoms with Crippen molar-refractivity contribution in [1.82, 2.24) is 19.8 Å². The van der Waals surface area contributed by atoms with Gasteiger partial charge in [0, 0.05) is 37.4 Å². The van der Waals surface area contributed by atoms with Gasteiger partial charge in [-0.3, -0.25) is 0 Å². The van der Waals surface area contributed by atoms with Crippen molar-refractivity contribution in [2.75, 3.05) is 26.2 Å². The third-order valence-corrected chi connectivity index (χ3v) is 4.14. The Morgan fingerprint density at radius 3 is 2.90 bits per heavy atom. The van der Waals surface area contributed by atoms with Gasteiger partial charge in [0.05, 0.1) is 0 Å². The number of nitrogens with one attached hydrogen (secondary N) is 1. The smallest absolute Gasteiger partial charge is 0.140 e. The maximum absolute atomic E-state index is 4.57. The number of pyridine rings is 1. The average Bonchev–Trinajstić information content (AvgIpc) is 3.11. The fourth-order valence-corrected chi connectivity index (χ4v) is 3.02. The maximum atomic E-state index is 4.57. The number of likely N-dealkylation sites (tertiary alicyclic amines) is 1. The van der Waals surface area contributed by atoms with Crippen LogP contribution in [-0.2, 0) is 13.1 Å². The lowest BCUT2D eigenvalue weighted by Gasteiger charge is -2.15. The van der Waals surface area contributed by atoms with Crippen LogP contribution in [0.1, 0.15) is 25.3 Å². The Morgan fingerprint density at radius 1 is 1.25 bits per heavy atom. The molecule has 0 atom stereocenters. The van der Waals surface area contributed by atoms with Crippen LogP contribution in [0.3, 0.4) is 0 Å². The molecule has 3 heterocycles. The number of rotatable bonds is 6. The molecule has 0 aromatic carbocycles. The van der Waals surface area contributed by atoms with E-state index in [1.165, 1.54) is 36.9 Å². The van der Waals surface area contributed by atoms with Crippen molar-refractivity contribution < 1.29 is 0 Å². The molecule has 0 saturated carbocycles. The first kappa shape index (κ1) is 13.6. The van der Waals surface area contributed by atoms with Crippen LogP contribution >= 0.6 is 0 Å². The summed E-state index contributed by atoms with van der Waals surface area (Å²) in [6, 6.07) is 4.21. The Balaban J connectivity index is 1.78.